The van der Waals surface area contributed by atoms with E-state index in [1.165, 1.54) is 0 Å². The highest BCUT2D eigenvalue weighted by molar-refractivity contribution is 7.92. The molecule has 1 amide bonds. The Morgan fingerprint density at radius 1 is 1.41 bits per heavy atom. The number of carboxylic acid groups (broad SMARTS) is 1. The molecular formula is C10H17NO5S. The molecule has 1 rings (SSSR count). The molecule has 17 heavy (non-hydrogen) atoms. The molecule has 1 fully saturated rings. The van der Waals surface area contributed by atoms with Gasteiger partial charge in [0.05, 0.1) is 5.75 Å². The molecule has 2 atom stereocenters. The van der Waals surface area contributed by atoms with Crippen molar-refractivity contribution in [1.82, 2.24) is 5.32 Å². The molecule has 1 saturated heterocycles. The largest absolute Gasteiger partial charge is 0.480 e. The van der Waals surface area contributed by atoms with E-state index in [0.29, 0.717) is 12.8 Å². The maximum atomic E-state index is 11.7. The highest BCUT2D eigenvalue weighted by Gasteiger charge is 2.36. The van der Waals surface area contributed by atoms with Crippen LogP contribution in [-0.4, -0.2) is 42.4 Å². The average Bonchev–Trinajstić information content (AvgIpc) is 2.24. The predicted octanol–water partition coefficient (Wildman–Crippen LogP) is -0.0669. The summed E-state index contributed by atoms with van der Waals surface area (Å²) in [5.41, 5.74) is 0. The molecule has 0 aliphatic carbocycles. The van der Waals surface area contributed by atoms with Gasteiger partial charge < -0.3 is 10.4 Å². The first-order valence-corrected chi connectivity index (χ1v) is 7.34. The zero-order valence-electron chi connectivity index (χ0n) is 9.68. The summed E-state index contributed by atoms with van der Waals surface area (Å²) in [5, 5.41) is 9.98. The van der Waals surface area contributed by atoms with Crippen molar-refractivity contribution in [1.29, 1.82) is 0 Å². The van der Waals surface area contributed by atoms with Gasteiger partial charge in [0.1, 0.15) is 11.3 Å². The Kier molecular flexibility index (Phi) is 4.50. The minimum absolute atomic E-state index is 0.00888. The lowest BCUT2D eigenvalue weighted by atomic mass is 10.1. The lowest BCUT2D eigenvalue weighted by molar-refractivity contribution is -0.141. The van der Waals surface area contributed by atoms with Gasteiger partial charge in [0.25, 0.3) is 0 Å². The van der Waals surface area contributed by atoms with Gasteiger partial charge in [-0.05, 0) is 19.3 Å². The van der Waals surface area contributed by atoms with Crippen LogP contribution in [0.1, 0.15) is 32.6 Å². The third kappa shape index (κ3) is 3.42. The Labute approximate surface area is 100 Å². The van der Waals surface area contributed by atoms with Gasteiger partial charge in [-0.1, -0.05) is 13.3 Å². The number of carbonyl (C=O) groups is 2. The number of carbonyl (C=O) groups excluding carboxylic acids is 1. The normalized spacial score (nSPS) is 24.9. The fourth-order valence-electron chi connectivity index (χ4n) is 1.85. The number of hydrogen-bond donors (Lipinski definition) is 2. The van der Waals surface area contributed by atoms with Crippen LogP contribution in [0.25, 0.3) is 0 Å². The Morgan fingerprint density at radius 2 is 2.06 bits per heavy atom. The molecule has 0 aromatic carbocycles. The van der Waals surface area contributed by atoms with Crippen LogP contribution in [0.15, 0.2) is 0 Å². The van der Waals surface area contributed by atoms with E-state index in [9.17, 15) is 18.0 Å². The van der Waals surface area contributed by atoms with E-state index in [-0.39, 0.29) is 18.6 Å². The van der Waals surface area contributed by atoms with Crippen molar-refractivity contribution in [3.8, 4) is 0 Å². The van der Waals surface area contributed by atoms with Gasteiger partial charge in [-0.3, -0.25) is 4.79 Å². The third-order valence-corrected chi connectivity index (χ3v) is 5.07. The van der Waals surface area contributed by atoms with Crippen LogP contribution in [0.4, 0.5) is 0 Å². The first-order chi connectivity index (χ1) is 7.88. The van der Waals surface area contributed by atoms with E-state index in [1.807, 2.05) is 0 Å². The van der Waals surface area contributed by atoms with Crippen molar-refractivity contribution in [2.24, 2.45) is 0 Å². The van der Waals surface area contributed by atoms with E-state index >= 15 is 0 Å². The Balaban J connectivity index is 2.72. The van der Waals surface area contributed by atoms with E-state index < -0.39 is 33.0 Å². The molecule has 0 spiro atoms. The quantitative estimate of drug-likeness (QED) is 0.739. The summed E-state index contributed by atoms with van der Waals surface area (Å²) in [6.07, 6.45) is 1.77. The first-order valence-electron chi connectivity index (χ1n) is 5.63. The van der Waals surface area contributed by atoms with E-state index in [2.05, 4.69) is 5.32 Å². The van der Waals surface area contributed by atoms with Gasteiger partial charge in [0, 0.05) is 0 Å². The standard InChI is InChI=1S/C10H17NO5S/c1-2-7(10(13)14)11-9(12)8-5-3-4-6-17(8,15)16/h7-8H,2-6H2,1H3,(H,11,12)(H,13,14). The lowest BCUT2D eigenvalue weighted by Gasteiger charge is -2.23. The van der Waals surface area contributed by atoms with Gasteiger partial charge in [-0.25, -0.2) is 13.2 Å². The first kappa shape index (κ1) is 14.0. The van der Waals surface area contributed by atoms with Crippen molar-refractivity contribution in [2.45, 2.75) is 43.9 Å². The van der Waals surface area contributed by atoms with Crippen LogP contribution in [0.5, 0.6) is 0 Å². The molecule has 0 radical (unpaired) electrons. The molecule has 2 unspecified atom stereocenters. The van der Waals surface area contributed by atoms with Crippen molar-refractivity contribution >= 4 is 21.7 Å². The van der Waals surface area contributed by atoms with Gasteiger partial charge in [-0.15, -0.1) is 0 Å². The average molecular weight is 263 g/mol. The minimum atomic E-state index is -3.41. The van der Waals surface area contributed by atoms with Gasteiger partial charge in [0.15, 0.2) is 9.84 Å². The number of nitrogens with one attached hydrogen (secondary N) is 1. The molecule has 1 aliphatic rings. The number of hydrogen-bond acceptors (Lipinski definition) is 4. The van der Waals surface area contributed by atoms with Crippen molar-refractivity contribution < 1.29 is 23.1 Å². The fraction of sp³-hybridized carbons (Fsp3) is 0.800. The molecule has 0 aromatic heterocycles. The Morgan fingerprint density at radius 3 is 2.53 bits per heavy atom. The molecular weight excluding hydrogens is 246 g/mol. The van der Waals surface area contributed by atoms with Crippen LogP contribution in [0.3, 0.4) is 0 Å². The summed E-state index contributed by atoms with van der Waals surface area (Å²) >= 11 is 0. The van der Waals surface area contributed by atoms with Crippen LogP contribution < -0.4 is 5.32 Å². The zero-order valence-corrected chi connectivity index (χ0v) is 10.5. The van der Waals surface area contributed by atoms with E-state index in [1.54, 1.807) is 6.92 Å². The Bertz CT molecular complexity index is 403. The lowest BCUT2D eigenvalue weighted by Crippen LogP contribution is -2.49. The van der Waals surface area contributed by atoms with Crippen LogP contribution in [-0.2, 0) is 19.4 Å². The maximum absolute atomic E-state index is 11.7. The van der Waals surface area contributed by atoms with Gasteiger partial charge in [0.2, 0.25) is 5.91 Å². The number of rotatable bonds is 4. The molecule has 0 saturated carbocycles. The number of aliphatic carboxylic acids is 1. The second kappa shape index (κ2) is 5.48. The summed E-state index contributed by atoms with van der Waals surface area (Å²) in [5.74, 6) is -1.82. The molecule has 2 N–H and O–H groups in total. The predicted molar refractivity (Wildman–Crippen MR) is 61.3 cm³/mol. The van der Waals surface area contributed by atoms with Crippen molar-refractivity contribution in [3.63, 3.8) is 0 Å². The third-order valence-electron chi connectivity index (χ3n) is 2.89. The second-order valence-corrected chi connectivity index (χ2v) is 6.46. The van der Waals surface area contributed by atoms with Gasteiger partial charge in [-0.2, -0.15) is 0 Å². The van der Waals surface area contributed by atoms with Crippen molar-refractivity contribution in [3.05, 3.63) is 0 Å². The van der Waals surface area contributed by atoms with Crippen molar-refractivity contribution in [2.75, 3.05) is 5.75 Å². The summed E-state index contributed by atoms with van der Waals surface area (Å²) in [6, 6.07) is -1.01. The molecule has 98 valence electrons. The second-order valence-electron chi connectivity index (χ2n) is 4.16. The van der Waals surface area contributed by atoms with Crippen LogP contribution in [0.2, 0.25) is 0 Å². The summed E-state index contributed by atoms with van der Waals surface area (Å²) in [6.45, 7) is 1.62. The SMILES string of the molecule is CCC(NC(=O)C1CCCCS1(=O)=O)C(=O)O. The summed E-state index contributed by atoms with van der Waals surface area (Å²) in [7, 11) is -3.41. The monoisotopic (exact) mass is 263 g/mol. The molecule has 1 heterocycles. The maximum Gasteiger partial charge on any atom is 0.326 e. The summed E-state index contributed by atoms with van der Waals surface area (Å²) < 4.78 is 23.3. The van der Waals surface area contributed by atoms with E-state index in [0.717, 1.165) is 0 Å². The number of amides is 1. The fourth-order valence-corrected chi connectivity index (χ4v) is 3.66. The minimum Gasteiger partial charge on any atom is -0.480 e. The summed E-state index contributed by atoms with van der Waals surface area (Å²) in [4.78, 5) is 22.5. The molecule has 6 nitrogen and oxygen atoms in total. The molecule has 1 aliphatic heterocycles. The number of carboxylic acids is 1. The number of sulfone groups is 1. The van der Waals surface area contributed by atoms with Gasteiger partial charge >= 0.3 is 5.97 Å². The highest BCUT2D eigenvalue weighted by Crippen LogP contribution is 2.19. The van der Waals surface area contributed by atoms with Crippen LogP contribution in [0, 0.1) is 0 Å². The van der Waals surface area contributed by atoms with E-state index in [4.69, 9.17) is 5.11 Å². The Hall–Kier alpha value is -1.11. The molecule has 0 bridgehead atoms. The molecule has 0 aromatic rings. The topological polar surface area (TPSA) is 101 Å². The highest BCUT2D eigenvalue weighted by atomic mass is 32.2. The smallest absolute Gasteiger partial charge is 0.326 e. The van der Waals surface area contributed by atoms with Crippen LogP contribution >= 0.6 is 0 Å². The molecule has 7 heteroatoms. The zero-order chi connectivity index (χ0) is 13.1.